The van der Waals surface area contributed by atoms with E-state index < -0.39 is 10.0 Å². The van der Waals surface area contributed by atoms with Crippen molar-refractivity contribution in [2.24, 2.45) is 0 Å². The molecule has 1 saturated heterocycles. The maximum atomic E-state index is 12.3. The van der Waals surface area contributed by atoms with Gasteiger partial charge < -0.3 is 10.6 Å². The number of nitrogens with one attached hydrogen (secondary N) is 1. The van der Waals surface area contributed by atoms with E-state index in [1.807, 2.05) is 0 Å². The molecule has 2 rings (SSSR count). The lowest BCUT2D eigenvalue weighted by molar-refractivity contribution is 0.156. The van der Waals surface area contributed by atoms with E-state index in [0.29, 0.717) is 22.7 Å². The number of aryl methyl sites for hydroxylation is 1. The molecule has 1 aliphatic heterocycles. The van der Waals surface area contributed by atoms with E-state index in [0.717, 1.165) is 32.7 Å². The van der Waals surface area contributed by atoms with Gasteiger partial charge in [-0.1, -0.05) is 0 Å². The van der Waals surface area contributed by atoms with Crippen LogP contribution in [-0.2, 0) is 10.0 Å². The van der Waals surface area contributed by atoms with Crippen molar-refractivity contribution in [3.63, 3.8) is 0 Å². The largest absolute Gasteiger partial charge is 0.399 e. The minimum Gasteiger partial charge on any atom is -0.399 e. The second kappa shape index (κ2) is 6.74. The number of benzene rings is 1. The molecule has 21 heavy (non-hydrogen) atoms. The number of nitrogen functional groups attached to an aromatic ring is 1. The van der Waals surface area contributed by atoms with Gasteiger partial charge in [0.05, 0.1) is 4.90 Å². The molecule has 0 amide bonds. The first-order valence-corrected chi connectivity index (χ1v) is 8.63. The predicted octanol–water partition coefficient (Wildman–Crippen LogP) is 0.103. The monoisotopic (exact) mass is 312 g/mol. The fraction of sp³-hybridized carbons (Fsp3) is 0.571. The number of anilines is 1. The van der Waals surface area contributed by atoms with Crippen molar-refractivity contribution in [3.8, 4) is 0 Å². The van der Waals surface area contributed by atoms with Crippen LogP contribution < -0.4 is 10.5 Å². The average Bonchev–Trinajstić information content (AvgIpc) is 2.40. The summed E-state index contributed by atoms with van der Waals surface area (Å²) in [5.74, 6) is 0. The number of likely N-dealkylation sites (N-methyl/N-ethyl adjacent to an activating group) is 1. The highest BCUT2D eigenvalue weighted by atomic mass is 32.2. The van der Waals surface area contributed by atoms with Gasteiger partial charge in [0.25, 0.3) is 0 Å². The Balaban J connectivity index is 1.89. The van der Waals surface area contributed by atoms with E-state index in [4.69, 9.17) is 5.73 Å². The van der Waals surface area contributed by atoms with Gasteiger partial charge in [0, 0.05) is 45.0 Å². The van der Waals surface area contributed by atoms with E-state index in [1.165, 1.54) is 0 Å². The summed E-state index contributed by atoms with van der Waals surface area (Å²) >= 11 is 0. The molecule has 7 heteroatoms. The third-order valence-corrected chi connectivity index (χ3v) is 5.43. The lowest BCUT2D eigenvalue weighted by atomic mass is 10.2. The number of hydrogen-bond donors (Lipinski definition) is 2. The smallest absolute Gasteiger partial charge is 0.240 e. The lowest BCUT2D eigenvalue weighted by Crippen LogP contribution is -2.46. The van der Waals surface area contributed by atoms with Gasteiger partial charge in [-0.25, -0.2) is 13.1 Å². The summed E-state index contributed by atoms with van der Waals surface area (Å²) in [6.07, 6.45) is 0. The Labute approximate surface area is 127 Å². The van der Waals surface area contributed by atoms with Crippen LogP contribution in [0.4, 0.5) is 5.69 Å². The maximum absolute atomic E-state index is 12.3. The normalized spacial score (nSPS) is 18.0. The molecule has 0 radical (unpaired) electrons. The molecule has 0 aliphatic carbocycles. The molecule has 1 aliphatic rings. The summed E-state index contributed by atoms with van der Waals surface area (Å²) in [4.78, 5) is 4.85. The van der Waals surface area contributed by atoms with Crippen LogP contribution in [0, 0.1) is 6.92 Å². The molecule has 1 fully saturated rings. The lowest BCUT2D eigenvalue weighted by Gasteiger charge is -2.32. The number of nitrogens with zero attached hydrogens (tertiary/aromatic N) is 2. The minimum atomic E-state index is -3.46. The van der Waals surface area contributed by atoms with Crippen molar-refractivity contribution in [2.45, 2.75) is 11.8 Å². The molecule has 1 aromatic rings. The predicted molar refractivity (Wildman–Crippen MR) is 84.7 cm³/mol. The van der Waals surface area contributed by atoms with Crippen molar-refractivity contribution < 1.29 is 8.42 Å². The average molecular weight is 312 g/mol. The number of piperazine rings is 1. The van der Waals surface area contributed by atoms with E-state index >= 15 is 0 Å². The molecule has 0 aromatic heterocycles. The number of sulfonamides is 1. The molecule has 0 saturated carbocycles. The summed E-state index contributed by atoms with van der Waals surface area (Å²) in [5.41, 5.74) is 6.90. The van der Waals surface area contributed by atoms with Crippen molar-refractivity contribution in [2.75, 3.05) is 52.0 Å². The molecular weight excluding hydrogens is 288 g/mol. The maximum Gasteiger partial charge on any atom is 0.240 e. The van der Waals surface area contributed by atoms with E-state index in [-0.39, 0.29) is 0 Å². The van der Waals surface area contributed by atoms with Crippen LogP contribution in [0.2, 0.25) is 0 Å². The van der Waals surface area contributed by atoms with Gasteiger partial charge in [-0.15, -0.1) is 0 Å². The Morgan fingerprint density at radius 2 is 1.90 bits per heavy atom. The molecule has 3 N–H and O–H groups in total. The second-order valence-corrected chi connectivity index (χ2v) is 7.30. The zero-order chi connectivity index (χ0) is 15.5. The van der Waals surface area contributed by atoms with Crippen molar-refractivity contribution in [1.82, 2.24) is 14.5 Å². The summed E-state index contributed by atoms with van der Waals surface area (Å²) < 4.78 is 27.2. The highest BCUT2D eigenvalue weighted by Gasteiger charge is 2.18. The summed E-state index contributed by atoms with van der Waals surface area (Å²) in [5, 5.41) is 0. The van der Waals surface area contributed by atoms with E-state index in [9.17, 15) is 8.42 Å². The fourth-order valence-electron chi connectivity index (χ4n) is 2.46. The van der Waals surface area contributed by atoms with Crippen LogP contribution in [0.25, 0.3) is 0 Å². The Hall–Kier alpha value is -1.15. The van der Waals surface area contributed by atoms with E-state index in [2.05, 4.69) is 21.6 Å². The topological polar surface area (TPSA) is 78.7 Å². The highest BCUT2D eigenvalue weighted by molar-refractivity contribution is 7.89. The van der Waals surface area contributed by atoms with Crippen LogP contribution in [0.3, 0.4) is 0 Å². The van der Waals surface area contributed by atoms with Gasteiger partial charge in [-0.3, -0.25) is 4.90 Å². The molecule has 118 valence electrons. The third-order valence-electron chi connectivity index (χ3n) is 3.80. The van der Waals surface area contributed by atoms with Crippen LogP contribution in [0.15, 0.2) is 23.1 Å². The number of rotatable bonds is 5. The summed E-state index contributed by atoms with van der Waals surface area (Å²) in [7, 11) is -1.36. The standard InChI is InChI=1S/C14H24N4O2S/c1-12-11-13(15)3-4-14(12)21(19,20)16-5-6-18-9-7-17(2)8-10-18/h3-4,11,16H,5-10,15H2,1-2H3. The van der Waals surface area contributed by atoms with Gasteiger partial charge in [0.15, 0.2) is 0 Å². The first kappa shape index (κ1) is 16.2. The SMILES string of the molecule is Cc1cc(N)ccc1S(=O)(=O)NCCN1CCN(C)CC1. The Morgan fingerprint density at radius 1 is 1.24 bits per heavy atom. The molecule has 1 heterocycles. The first-order chi connectivity index (χ1) is 9.88. The number of hydrogen-bond acceptors (Lipinski definition) is 5. The molecular formula is C14H24N4O2S. The van der Waals surface area contributed by atoms with Crippen molar-refractivity contribution in [1.29, 1.82) is 0 Å². The van der Waals surface area contributed by atoms with Gasteiger partial charge in [0.2, 0.25) is 10.0 Å². The quantitative estimate of drug-likeness (QED) is 0.754. The second-order valence-electron chi connectivity index (χ2n) is 5.57. The molecule has 0 bridgehead atoms. The van der Waals surface area contributed by atoms with Gasteiger partial charge >= 0.3 is 0 Å². The Kier molecular flexibility index (Phi) is 5.21. The van der Waals surface area contributed by atoms with Gasteiger partial charge in [0.1, 0.15) is 0 Å². The summed E-state index contributed by atoms with van der Waals surface area (Å²) in [6, 6.07) is 4.85. The van der Waals surface area contributed by atoms with Crippen LogP contribution >= 0.6 is 0 Å². The minimum absolute atomic E-state index is 0.301. The third kappa shape index (κ3) is 4.41. The fourth-order valence-corrected chi connectivity index (χ4v) is 3.71. The molecule has 0 unspecified atom stereocenters. The zero-order valence-corrected chi connectivity index (χ0v) is 13.5. The van der Waals surface area contributed by atoms with Gasteiger partial charge in [-0.05, 0) is 37.7 Å². The first-order valence-electron chi connectivity index (χ1n) is 7.15. The Morgan fingerprint density at radius 3 is 2.52 bits per heavy atom. The summed E-state index contributed by atoms with van der Waals surface area (Å²) in [6.45, 7) is 6.95. The number of nitrogens with two attached hydrogens (primary N) is 1. The van der Waals surface area contributed by atoms with E-state index in [1.54, 1.807) is 25.1 Å². The van der Waals surface area contributed by atoms with Crippen LogP contribution in [-0.4, -0.2) is 64.5 Å². The molecule has 0 spiro atoms. The van der Waals surface area contributed by atoms with Crippen molar-refractivity contribution >= 4 is 15.7 Å². The van der Waals surface area contributed by atoms with Crippen molar-refractivity contribution in [3.05, 3.63) is 23.8 Å². The zero-order valence-electron chi connectivity index (χ0n) is 12.7. The molecule has 0 atom stereocenters. The Bertz CT molecular complexity index is 581. The van der Waals surface area contributed by atoms with Crippen LogP contribution in [0.1, 0.15) is 5.56 Å². The van der Waals surface area contributed by atoms with Crippen LogP contribution in [0.5, 0.6) is 0 Å². The molecule has 6 nitrogen and oxygen atoms in total. The molecule has 1 aromatic carbocycles. The highest BCUT2D eigenvalue weighted by Crippen LogP contribution is 2.17. The van der Waals surface area contributed by atoms with Gasteiger partial charge in [-0.2, -0.15) is 0 Å².